The molecule has 1 unspecified atom stereocenters. The third-order valence-corrected chi connectivity index (χ3v) is 3.56. The van der Waals surface area contributed by atoms with Crippen LogP contribution in [0.5, 0.6) is 0 Å². The zero-order valence-corrected chi connectivity index (χ0v) is 11.6. The van der Waals surface area contributed by atoms with E-state index in [-0.39, 0.29) is 0 Å². The molecule has 1 fully saturated rings. The second kappa shape index (κ2) is 6.58. The molecule has 16 heavy (non-hydrogen) atoms. The molecule has 1 saturated heterocycles. The minimum Gasteiger partial charge on any atom is -0.310 e. The molecule has 0 saturated carbocycles. The Morgan fingerprint density at radius 2 is 1.94 bits per heavy atom. The number of nitrogens with zero attached hydrogens (tertiary/aromatic N) is 2. The molecular weight excluding hydrogens is 198 g/mol. The molecule has 0 bridgehead atoms. The van der Waals surface area contributed by atoms with E-state index in [2.05, 4.69) is 43.2 Å². The molecule has 1 rings (SSSR count). The second-order valence-electron chi connectivity index (χ2n) is 5.60. The standard InChI is InChI=1S/C13H29N3/c1-5-7-13(8-6-9-14-13)12-16(4)11-10-15(2)3/h14H,5-12H2,1-4H3. The molecule has 1 atom stereocenters. The Bertz CT molecular complexity index is 186. The first kappa shape index (κ1) is 13.9. The van der Waals surface area contributed by atoms with Crippen molar-refractivity contribution in [2.24, 2.45) is 0 Å². The Morgan fingerprint density at radius 3 is 2.44 bits per heavy atom. The maximum absolute atomic E-state index is 3.73. The summed E-state index contributed by atoms with van der Waals surface area (Å²) < 4.78 is 0. The molecule has 96 valence electrons. The lowest BCUT2D eigenvalue weighted by molar-refractivity contribution is 0.199. The van der Waals surface area contributed by atoms with Gasteiger partial charge < -0.3 is 15.1 Å². The van der Waals surface area contributed by atoms with E-state index >= 15 is 0 Å². The van der Waals surface area contributed by atoms with E-state index in [0.717, 1.165) is 6.54 Å². The van der Waals surface area contributed by atoms with Crippen molar-refractivity contribution in [2.75, 3.05) is 47.3 Å². The maximum Gasteiger partial charge on any atom is 0.0309 e. The number of likely N-dealkylation sites (N-methyl/N-ethyl adjacent to an activating group) is 2. The van der Waals surface area contributed by atoms with Crippen LogP contribution < -0.4 is 5.32 Å². The zero-order chi connectivity index (χ0) is 12.0. The van der Waals surface area contributed by atoms with E-state index in [1.165, 1.54) is 45.3 Å². The highest BCUT2D eigenvalue weighted by molar-refractivity contribution is 4.94. The van der Waals surface area contributed by atoms with Crippen LogP contribution in [0, 0.1) is 0 Å². The minimum absolute atomic E-state index is 0.413. The van der Waals surface area contributed by atoms with Crippen molar-refractivity contribution in [3.05, 3.63) is 0 Å². The molecule has 1 N–H and O–H groups in total. The highest BCUT2D eigenvalue weighted by Gasteiger charge is 2.33. The molecule has 0 amide bonds. The predicted molar refractivity (Wildman–Crippen MR) is 70.9 cm³/mol. The van der Waals surface area contributed by atoms with Gasteiger partial charge in [-0.3, -0.25) is 0 Å². The molecule has 1 heterocycles. The average molecular weight is 227 g/mol. The van der Waals surface area contributed by atoms with Crippen LogP contribution in [-0.2, 0) is 0 Å². The Balaban J connectivity index is 2.36. The summed E-state index contributed by atoms with van der Waals surface area (Å²) in [6.45, 7) is 7.02. The summed E-state index contributed by atoms with van der Waals surface area (Å²) in [6, 6.07) is 0. The van der Waals surface area contributed by atoms with Crippen molar-refractivity contribution < 1.29 is 0 Å². The number of hydrogen-bond donors (Lipinski definition) is 1. The van der Waals surface area contributed by atoms with Gasteiger partial charge in [0.05, 0.1) is 0 Å². The lowest BCUT2D eigenvalue weighted by atomic mass is 9.91. The number of nitrogens with one attached hydrogen (secondary N) is 1. The summed E-state index contributed by atoms with van der Waals surface area (Å²) >= 11 is 0. The zero-order valence-electron chi connectivity index (χ0n) is 11.6. The van der Waals surface area contributed by atoms with Gasteiger partial charge in [-0.05, 0) is 47.0 Å². The van der Waals surface area contributed by atoms with Crippen molar-refractivity contribution in [2.45, 2.75) is 38.1 Å². The summed E-state index contributed by atoms with van der Waals surface area (Å²) in [6.07, 6.45) is 5.31. The van der Waals surface area contributed by atoms with E-state index in [0.29, 0.717) is 5.54 Å². The van der Waals surface area contributed by atoms with Crippen molar-refractivity contribution >= 4 is 0 Å². The van der Waals surface area contributed by atoms with Gasteiger partial charge in [-0.1, -0.05) is 13.3 Å². The minimum atomic E-state index is 0.413. The third kappa shape index (κ3) is 4.40. The molecule has 0 spiro atoms. The Labute approximate surface area is 101 Å². The Morgan fingerprint density at radius 1 is 1.19 bits per heavy atom. The van der Waals surface area contributed by atoms with Crippen LogP contribution in [0.3, 0.4) is 0 Å². The fraction of sp³-hybridized carbons (Fsp3) is 1.00. The first-order chi connectivity index (χ1) is 7.58. The van der Waals surface area contributed by atoms with Gasteiger partial charge in [-0.15, -0.1) is 0 Å². The Hall–Kier alpha value is -0.120. The molecule has 1 aliphatic heterocycles. The van der Waals surface area contributed by atoms with Gasteiger partial charge in [0, 0.05) is 25.2 Å². The van der Waals surface area contributed by atoms with Gasteiger partial charge in [0.25, 0.3) is 0 Å². The fourth-order valence-corrected chi connectivity index (χ4v) is 2.74. The van der Waals surface area contributed by atoms with Crippen molar-refractivity contribution in [3.63, 3.8) is 0 Å². The molecule has 0 aliphatic carbocycles. The predicted octanol–water partition coefficient (Wildman–Crippen LogP) is 1.40. The molecule has 0 aromatic carbocycles. The van der Waals surface area contributed by atoms with Crippen LogP contribution in [0.15, 0.2) is 0 Å². The normalized spacial score (nSPS) is 25.9. The highest BCUT2D eigenvalue weighted by atomic mass is 15.2. The van der Waals surface area contributed by atoms with Crippen LogP contribution in [0.2, 0.25) is 0 Å². The van der Waals surface area contributed by atoms with Gasteiger partial charge in [0.2, 0.25) is 0 Å². The maximum atomic E-state index is 3.73. The van der Waals surface area contributed by atoms with E-state index in [4.69, 9.17) is 0 Å². The summed E-state index contributed by atoms with van der Waals surface area (Å²) in [5.41, 5.74) is 0.413. The topological polar surface area (TPSA) is 18.5 Å². The molecule has 1 aliphatic rings. The van der Waals surface area contributed by atoms with Crippen molar-refractivity contribution in [1.29, 1.82) is 0 Å². The quantitative estimate of drug-likeness (QED) is 0.709. The van der Waals surface area contributed by atoms with Crippen LogP contribution in [0.4, 0.5) is 0 Å². The monoisotopic (exact) mass is 227 g/mol. The van der Waals surface area contributed by atoms with Crippen molar-refractivity contribution in [1.82, 2.24) is 15.1 Å². The van der Waals surface area contributed by atoms with E-state index < -0.39 is 0 Å². The number of hydrogen-bond acceptors (Lipinski definition) is 3. The van der Waals surface area contributed by atoms with Gasteiger partial charge in [-0.2, -0.15) is 0 Å². The first-order valence-electron chi connectivity index (χ1n) is 6.66. The fourth-order valence-electron chi connectivity index (χ4n) is 2.74. The van der Waals surface area contributed by atoms with Crippen LogP contribution in [-0.4, -0.2) is 62.7 Å². The number of rotatable bonds is 7. The smallest absolute Gasteiger partial charge is 0.0309 e. The van der Waals surface area contributed by atoms with E-state index in [1.54, 1.807) is 0 Å². The summed E-state index contributed by atoms with van der Waals surface area (Å²) in [4.78, 5) is 4.74. The SMILES string of the molecule is CCCC1(CN(C)CCN(C)C)CCCN1. The van der Waals surface area contributed by atoms with Gasteiger partial charge >= 0.3 is 0 Å². The highest BCUT2D eigenvalue weighted by Crippen LogP contribution is 2.25. The molecule has 3 heteroatoms. The average Bonchev–Trinajstić information content (AvgIpc) is 2.64. The van der Waals surface area contributed by atoms with Crippen molar-refractivity contribution in [3.8, 4) is 0 Å². The first-order valence-corrected chi connectivity index (χ1v) is 6.66. The van der Waals surface area contributed by atoms with Gasteiger partial charge in [0.15, 0.2) is 0 Å². The van der Waals surface area contributed by atoms with Gasteiger partial charge in [-0.25, -0.2) is 0 Å². The van der Waals surface area contributed by atoms with E-state index in [9.17, 15) is 0 Å². The van der Waals surface area contributed by atoms with Crippen LogP contribution >= 0.6 is 0 Å². The molecule has 0 aromatic rings. The largest absolute Gasteiger partial charge is 0.310 e. The Kier molecular flexibility index (Phi) is 5.73. The van der Waals surface area contributed by atoms with Crippen LogP contribution in [0.1, 0.15) is 32.6 Å². The molecule has 3 nitrogen and oxygen atoms in total. The summed E-state index contributed by atoms with van der Waals surface area (Å²) in [5, 5.41) is 3.73. The summed E-state index contributed by atoms with van der Waals surface area (Å²) in [7, 11) is 6.54. The molecular formula is C13H29N3. The van der Waals surface area contributed by atoms with Gasteiger partial charge in [0.1, 0.15) is 0 Å². The molecule has 0 radical (unpaired) electrons. The van der Waals surface area contributed by atoms with E-state index in [1.807, 2.05) is 0 Å². The second-order valence-corrected chi connectivity index (χ2v) is 5.60. The van der Waals surface area contributed by atoms with Crippen LogP contribution in [0.25, 0.3) is 0 Å². The lowest BCUT2D eigenvalue weighted by Gasteiger charge is -2.34. The molecule has 0 aromatic heterocycles. The summed E-state index contributed by atoms with van der Waals surface area (Å²) in [5.74, 6) is 0. The lowest BCUT2D eigenvalue weighted by Crippen LogP contribution is -2.49. The third-order valence-electron chi connectivity index (χ3n) is 3.56.